The highest BCUT2D eigenvalue weighted by molar-refractivity contribution is 5.94. The third kappa shape index (κ3) is 8.01. The number of rotatable bonds is 14. The molecule has 49 heavy (non-hydrogen) atoms. The maximum Gasteiger partial charge on any atom is 0.251 e. The van der Waals surface area contributed by atoms with Crippen molar-refractivity contribution in [3.63, 3.8) is 0 Å². The van der Waals surface area contributed by atoms with Crippen molar-refractivity contribution in [2.45, 2.75) is 71.2 Å². The van der Waals surface area contributed by atoms with E-state index >= 15 is 0 Å². The molecule has 2 bridgehead atoms. The SMILES string of the molecule is C=CC=C(CN1O[C@@H](CO)[C@@H]([C@H](C)O)[C@H]1C(=O)N[C@H]1C[C@H]2C[C@@H]([C@@H]1C)C2(C)C)C(=Cc1ccc(C(=O)NCCc2ccccc2)cc1)OC. The molecule has 0 radical (unpaired) electrons. The number of methoxy groups -OCH3 is 1. The largest absolute Gasteiger partial charge is 0.496 e. The number of benzene rings is 2. The molecular weight excluding hydrogens is 618 g/mol. The number of ether oxygens (including phenoxy) is 1. The molecule has 3 aliphatic carbocycles. The predicted octanol–water partition coefficient (Wildman–Crippen LogP) is 4.92. The molecule has 2 aromatic rings. The summed E-state index contributed by atoms with van der Waals surface area (Å²) in [5, 5.41) is 28.9. The smallest absolute Gasteiger partial charge is 0.251 e. The van der Waals surface area contributed by atoms with Crippen LogP contribution in [0.2, 0.25) is 0 Å². The number of hydrogen-bond acceptors (Lipinski definition) is 7. The highest BCUT2D eigenvalue weighted by Gasteiger charge is 2.57. The van der Waals surface area contributed by atoms with Gasteiger partial charge in [0, 0.05) is 29.6 Å². The van der Waals surface area contributed by atoms with E-state index < -0.39 is 24.2 Å². The normalized spacial score (nSPS) is 28.7. The first-order chi connectivity index (χ1) is 23.5. The van der Waals surface area contributed by atoms with Gasteiger partial charge in [-0.25, -0.2) is 0 Å². The van der Waals surface area contributed by atoms with Crippen LogP contribution in [0.1, 0.15) is 62.0 Å². The molecule has 8 atom stereocenters. The molecule has 4 fully saturated rings. The minimum absolute atomic E-state index is 0.0421. The van der Waals surface area contributed by atoms with Crippen molar-refractivity contribution in [2.24, 2.45) is 29.1 Å². The van der Waals surface area contributed by atoms with E-state index in [1.807, 2.05) is 48.5 Å². The fourth-order valence-corrected chi connectivity index (χ4v) is 8.24. The monoisotopic (exact) mass is 671 g/mol. The van der Waals surface area contributed by atoms with Crippen LogP contribution in [0.25, 0.3) is 6.08 Å². The van der Waals surface area contributed by atoms with Gasteiger partial charge < -0.3 is 25.6 Å². The summed E-state index contributed by atoms with van der Waals surface area (Å²) in [6, 6.07) is 16.5. The second kappa shape index (κ2) is 15.9. The van der Waals surface area contributed by atoms with E-state index in [0.717, 1.165) is 24.0 Å². The van der Waals surface area contributed by atoms with Crippen molar-refractivity contribution in [1.29, 1.82) is 0 Å². The van der Waals surface area contributed by atoms with Crippen LogP contribution >= 0.6 is 0 Å². The van der Waals surface area contributed by atoms with Crippen LogP contribution in [0, 0.1) is 29.1 Å². The van der Waals surface area contributed by atoms with Gasteiger partial charge in [-0.3, -0.25) is 14.4 Å². The number of allylic oxidation sites excluding steroid dienone is 2. The Morgan fingerprint density at radius 3 is 2.45 bits per heavy atom. The van der Waals surface area contributed by atoms with Gasteiger partial charge >= 0.3 is 0 Å². The Balaban J connectivity index is 1.29. The number of aliphatic hydroxyl groups is 2. The zero-order valence-electron chi connectivity index (χ0n) is 29.5. The van der Waals surface area contributed by atoms with Crippen LogP contribution in [0.5, 0.6) is 0 Å². The molecule has 3 saturated carbocycles. The van der Waals surface area contributed by atoms with Crippen molar-refractivity contribution in [1.82, 2.24) is 15.7 Å². The predicted molar refractivity (Wildman–Crippen MR) is 191 cm³/mol. The molecule has 264 valence electrons. The second-order valence-electron chi connectivity index (χ2n) is 14.5. The molecule has 9 nitrogen and oxygen atoms in total. The maximum atomic E-state index is 14.1. The number of fused-ring (bicyclic) bond motifs is 2. The van der Waals surface area contributed by atoms with E-state index in [1.54, 1.807) is 43.4 Å². The van der Waals surface area contributed by atoms with E-state index in [1.165, 1.54) is 6.42 Å². The number of hydrogen-bond donors (Lipinski definition) is 4. The van der Waals surface area contributed by atoms with Crippen molar-refractivity contribution in [3.8, 4) is 0 Å². The first-order valence-electron chi connectivity index (χ1n) is 17.5. The molecule has 9 heteroatoms. The van der Waals surface area contributed by atoms with E-state index in [0.29, 0.717) is 41.2 Å². The molecule has 2 aromatic carbocycles. The van der Waals surface area contributed by atoms with Crippen LogP contribution in [0.3, 0.4) is 0 Å². The summed E-state index contributed by atoms with van der Waals surface area (Å²) >= 11 is 0. The summed E-state index contributed by atoms with van der Waals surface area (Å²) in [6.07, 6.45) is 6.53. The molecule has 0 spiro atoms. The molecule has 0 aromatic heterocycles. The second-order valence-corrected chi connectivity index (χ2v) is 14.5. The molecule has 2 amide bonds. The van der Waals surface area contributed by atoms with Crippen LogP contribution in [-0.2, 0) is 20.8 Å². The first kappa shape index (κ1) is 36.5. The Labute approximate surface area is 291 Å². The molecule has 1 saturated heterocycles. The summed E-state index contributed by atoms with van der Waals surface area (Å²) < 4.78 is 5.83. The fourth-order valence-electron chi connectivity index (χ4n) is 8.24. The van der Waals surface area contributed by atoms with Gasteiger partial charge in [0.25, 0.3) is 5.91 Å². The zero-order valence-corrected chi connectivity index (χ0v) is 29.5. The number of aliphatic hydroxyl groups excluding tert-OH is 2. The summed E-state index contributed by atoms with van der Waals surface area (Å²) in [4.78, 5) is 33.0. The average Bonchev–Trinajstić information content (AvgIpc) is 3.47. The Kier molecular flexibility index (Phi) is 11.8. The maximum absolute atomic E-state index is 14.1. The van der Waals surface area contributed by atoms with Crippen LogP contribution in [0.15, 0.2) is 84.7 Å². The first-order valence-corrected chi connectivity index (χ1v) is 17.5. The molecule has 6 rings (SSSR count). The molecule has 4 N–H and O–H groups in total. The Hall–Kier alpha value is -3.76. The highest BCUT2D eigenvalue weighted by Crippen LogP contribution is 2.61. The minimum Gasteiger partial charge on any atom is -0.496 e. The Morgan fingerprint density at radius 1 is 1.14 bits per heavy atom. The fraction of sp³-hybridized carbons (Fsp3) is 0.500. The number of hydroxylamine groups is 2. The van der Waals surface area contributed by atoms with Gasteiger partial charge in [0.15, 0.2) is 0 Å². The number of nitrogens with one attached hydrogen (secondary N) is 2. The van der Waals surface area contributed by atoms with Gasteiger partial charge in [-0.2, -0.15) is 5.06 Å². The van der Waals surface area contributed by atoms with E-state index in [2.05, 4.69) is 38.0 Å². The van der Waals surface area contributed by atoms with Crippen molar-refractivity contribution >= 4 is 17.9 Å². The summed E-state index contributed by atoms with van der Waals surface area (Å²) in [7, 11) is 1.57. The third-order valence-electron chi connectivity index (χ3n) is 11.3. The number of carbonyl (C=O) groups excluding carboxylic acids is 2. The van der Waals surface area contributed by atoms with Gasteiger partial charge in [0.05, 0.1) is 26.4 Å². The van der Waals surface area contributed by atoms with Crippen LogP contribution < -0.4 is 10.6 Å². The minimum atomic E-state index is -0.896. The Bertz CT molecular complexity index is 1520. The van der Waals surface area contributed by atoms with Gasteiger partial charge in [-0.15, -0.1) is 0 Å². The molecule has 1 heterocycles. The van der Waals surface area contributed by atoms with Gasteiger partial charge in [-0.05, 0) is 78.7 Å². The molecule has 0 unspecified atom stereocenters. The van der Waals surface area contributed by atoms with Crippen molar-refractivity contribution in [3.05, 3.63) is 101 Å². The van der Waals surface area contributed by atoms with E-state index in [-0.39, 0.29) is 36.4 Å². The lowest BCUT2D eigenvalue weighted by atomic mass is 9.45. The summed E-state index contributed by atoms with van der Waals surface area (Å²) in [5.41, 5.74) is 3.51. The van der Waals surface area contributed by atoms with Crippen molar-refractivity contribution in [2.75, 3.05) is 26.8 Å². The summed E-state index contributed by atoms with van der Waals surface area (Å²) in [6.45, 7) is 12.8. The molecular formula is C40H53N3O6. The number of carbonyl (C=O) groups is 2. The highest BCUT2D eigenvalue weighted by atomic mass is 16.7. The summed E-state index contributed by atoms with van der Waals surface area (Å²) in [5.74, 6) is 1.00. The average molecular weight is 672 g/mol. The zero-order chi connectivity index (χ0) is 35.3. The lowest BCUT2D eigenvalue weighted by Gasteiger charge is -2.62. The standard InChI is InChI=1S/C40H53N3O6/c1-7-11-30(34(48-6)20-28-14-16-29(17-15-28)38(46)41-19-18-27-12-9-8-10-13-27)23-43-37(36(26(3)45)35(24-44)49-43)39(47)42-33-22-31-21-32(25(33)2)40(31,4)5/h7-17,20,25-26,31-33,35-37,44-45H,1,18-19,21-24H2,2-6H3,(H,41,46)(H,42,47)/t25-,26-,31+,32-,33-,35-,36+,37-/m0/s1. The number of amides is 2. The lowest BCUT2D eigenvalue weighted by Crippen LogP contribution is -2.62. The number of nitrogens with zero attached hydrogens (tertiary/aromatic N) is 1. The molecule has 1 aliphatic heterocycles. The quantitative estimate of drug-likeness (QED) is 0.166. The topological polar surface area (TPSA) is 120 Å². The van der Waals surface area contributed by atoms with Gasteiger partial charge in [-0.1, -0.05) is 82.0 Å². The van der Waals surface area contributed by atoms with Crippen LogP contribution in [-0.4, -0.2) is 78.2 Å². The van der Waals surface area contributed by atoms with E-state index in [9.17, 15) is 19.8 Å². The molecule has 4 aliphatic rings. The van der Waals surface area contributed by atoms with Gasteiger partial charge in [0.1, 0.15) is 17.9 Å². The lowest BCUT2D eigenvalue weighted by molar-refractivity contribution is -0.173. The third-order valence-corrected chi connectivity index (χ3v) is 11.3. The van der Waals surface area contributed by atoms with E-state index in [4.69, 9.17) is 9.57 Å². The van der Waals surface area contributed by atoms with Crippen LogP contribution in [0.4, 0.5) is 0 Å². The van der Waals surface area contributed by atoms with Gasteiger partial charge in [0.2, 0.25) is 5.91 Å². The Morgan fingerprint density at radius 2 is 1.86 bits per heavy atom. The van der Waals surface area contributed by atoms with Crippen molar-refractivity contribution < 1.29 is 29.4 Å².